The van der Waals surface area contributed by atoms with Crippen molar-refractivity contribution in [2.45, 2.75) is 44.6 Å². The first-order valence-corrected chi connectivity index (χ1v) is 6.96. The summed E-state index contributed by atoms with van der Waals surface area (Å²) in [6.07, 6.45) is 7.47. The third-order valence-electron chi connectivity index (χ3n) is 3.58. The van der Waals surface area contributed by atoms with E-state index in [9.17, 15) is 5.11 Å². The van der Waals surface area contributed by atoms with Crippen molar-refractivity contribution in [3.63, 3.8) is 0 Å². The molecule has 0 radical (unpaired) electrons. The summed E-state index contributed by atoms with van der Waals surface area (Å²) in [5.41, 5.74) is 0.980. The predicted octanol–water partition coefficient (Wildman–Crippen LogP) is 3.26. The average Bonchev–Trinajstić information content (AvgIpc) is 2.36. The van der Waals surface area contributed by atoms with Crippen LogP contribution in [0.15, 0.2) is 16.7 Å². The first-order chi connectivity index (χ1) is 8.17. The molecule has 1 aromatic rings. The standard InChI is InChI=1S/C13H19BrN2O/c1-10-5-8-15-12(11(10)14)16-13(9-17)6-3-2-4-7-13/h5,8,17H,2-4,6-7,9H2,1H3,(H,15,16). The monoisotopic (exact) mass is 298 g/mol. The first-order valence-electron chi connectivity index (χ1n) is 6.17. The van der Waals surface area contributed by atoms with Crippen LogP contribution < -0.4 is 5.32 Å². The van der Waals surface area contributed by atoms with Crippen LogP contribution in [0.3, 0.4) is 0 Å². The van der Waals surface area contributed by atoms with Gasteiger partial charge in [0.25, 0.3) is 0 Å². The Labute approximate surface area is 111 Å². The van der Waals surface area contributed by atoms with E-state index in [1.807, 2.05) is 13.0 Å². The van der Waals surface area contributed by atoms with E-state index in [4.69, 9.17) is 0 Å². The van der Waals surface area contributed by atoms with Gasteiger partial charge >= 0.3 is 0 Å². The largest absolute Gasteiger partial charge is 0.394 e. The van der Waals surface area contributed by atoms with Crippen molar-refractivity contribution in [3.8, 4) is 0 Å². The van der Waals surface area contributed by atoms with Crippen molar-refractivity contribution < 1.29 is 5.11 Å². The molecule has 1 aliphatic rings. The van der Waals surface area contributed by atoms with Crippen molar-refractivity contribution in [2.75, 3.05) is 11.9 Å². The van der Waals surface area contributed by atoms with E-state index in [0.29, 0.717) is 0 Å². The Morgan fingerprint density at radius 3 is 2.76 bits per heavy atom. The lowest BCUT2D eigenvalue weighted by Crippen LogP contribution is -2.44. The smallest absolute Gasteiger partial charge is 0.141 e. The number of hydrogen-bond acceptors (Lipinski definition) is 3. The molecule has 0 aliphatic heterocycles. The molecular formula is C13H19BrN2O. The molecule has 0 amide bonds. The van der Waals surface area contributed by atoms with Gasteiger partial charge in [0.2, 0.25) is 0 Å². The molecule has 1 aliphatic carbocycles. The van der Waals surface area contributed by atoms with Crippen molar-refractivity contribution in [1.82, 2.24) is 4.98 Å². The van der Waals surface area contributed by atoms with Crippen LogP contribution in [0.1, 0.15) is 37.7 Å². The topological polar surface area (TPSA) is 45.2 Å². The van der Waals surface area contributed by atoms with Gasteiger partial charge in [0.1, 0.15) is 5.82 Å². The number of hydrogen-bond donors (Lipinski definition) is 2. The number of halogens is 1. The number of rotatable bonds is 3. The average molecular weight is 299 g/mol. The molecule has 1 saturated carbocycles. The third-order valence-corrected chi connectivity index (χ3v) is 4.58. The van der Waals surface area contributed by atoms with E-state index >= 15 is 0 Å². The second-order valence-electron chi connectivity index (χ2n) is 4.91. The number of nitrogens with zero attached hydrogens (tertiary/aromatic N) is 1. The molecule has 2 N–H and O–H groups in total. The lowest BCUT2D eigenvalue weighted by Gasteiger charge is -2.37. The van der Waals surface area contributed by atoms with Gasteiger partial charge in [-0.05, 0) is 47.3 Å². The molecular weight excluding hydrogens is 280 g/mol. The van der Waals surface area contributed by atoms with Crippen LogP contribution in [0.5, 0.6) is 0 Å². The van der Waals surface area contributed by atoms with Crippen molar-refractivity contribution in [3.05, 3.63) is 22.3 Å². The quantitative estimate of drug-likeness (QED) is 0.900. The maximum Gasteiger partial charge on any atom is 0.141 e. The van der Waals surface area contributed by atoms with Gasteiger partial charge in [-0.1, -0.05) is 19.3 Å². The molecule has 4 heteroatoms. The van der Waals surface area contributed by atoms with E-state index in [1.165, 1.54) is 19.3 Å². The number of aliphatic hydroxyl groups is 1. The molecule has 1 heterocycles. The first kappa shape index (κ1) is 12.8. The summed E-state index contributed by atoms with van der Waals surface area (Å²) in [5.74, 6) is 0.848. The van der Waals surface area contributed by atoms with Gasteiger partial charge < -0.3 is 10.4 Å². The molecule has 0 aromatic carbocycles. The van der Waals surface area contributed by atoms with Crippen LogP contribution >= 0.6 is 15.9 Å². The Balaban J connectivity index is 2.20. The molecule has 3 nitrogen and oxygen atoms in total. The fourth-order valence-corrected chi connectivity index (χ4v) is 2.76. The van der Waals surface area contributed by atoms with Gasteiger partial charge in [-0.2, -0.15) is 0 Å². The summed E-state index contributed by atoms with van der Waals surface area (Å²) >= 11 is 3.55. The summed E-state index contributed by atoms with van der Waals surface area (Å²) < 4.78 is 0.999. The zero-order valence-corrected chi connectivity index (χ0v) is 11.8. The lowest BCUT2D eigenvalue weighted by atomic mass is 9.82. The maximum atomic E-state index is 9.66. The van der Waals surface area contributed by atoms with Crippen LogP contribution in [0.4, 0.5) is 5.82 Å². The van der Waals surface area contributed by atoms with E-state index in [2.05, 4.69) is 26.2 Å². The minimum absolute atomic E-state index is 0.176. The number of aromatic nitrogens is 1. The number of pyridine rings is 1. The molecule has 17 heavy (non-hydrogen) atoms. The molecule has 2 rings (SSSR count). The summed E-state index contributed by atoms with van der Waals surface area (Å²) in [6, 6.07) is 1.97. The highest BCUT2D eigenvalue weighted by Crippen LogP contribution is 2.33. The normalized spacial score (nSPS) is 19.0. The van der Waals surface area contributed by atoms with Crippen LogP contribution in [-0.4, -0.2) is 22.2 Å². The Hall–Kier alpha value is -0.610. The van der Waals surface area contributed by atoms with Crippen LogP contribution in [-0.2, 0) is 0 Å². The Morgan fingerprint density at radius 1 is 1.41 bits per heavy atom. The molecule has 0 spiro atoms. The lowest BCUT2D eigenvalue weighted by molar-refractivity contribution is 0.172. The van der Waals surface area contributed by atoms with E-state index < -0.39 is 0 Å². The summed E-state index contributed by atoms with van der Waals surface area (Å²) in [7, 11) is 0. The summed E-state index contributed by atoms with van der Waals surface area (Å²) in [4.78, 5) is 4.36. The molecule has 0 saturated heterocycles. The van der Waals surface area contributed by atoms with Crippen molar-refractivity contribution in [2.24, 2.45) is 0 Å². The zero-order chi connectivity index (χ0) is 12.3. The highest BCUT2D eigenvalue weighted by molar-refractivity contribution is 9.10. The summed E-state index contributed by atoms with van der Waals surface area (Å²) in [5, 5.41) is 13.1. The maximum absolute atomic E-state index is 9.66. The van der Waals surface area contributed by atoms with Gasteiger partial charge in [-0.25, -0.2) is 4.98 Å². The molecule has 0 atom stereocenters. The predicted molar refractivity (Wildman–Crippen MR) is 73.2 cm³/mol. The number of nitrogens with one attached hydrogen (secondary N) is 1. The molecule has 1 fully saturated rings. The van der Waals surface area contributed by atoms with Gasteiger partial charge in [-0.15, -0.1) is 0 Å². The van der Waals surface area contributed by atoms with Gasteiger partial charge in [0.05, 0.1) is 16.6 Å². The second kappa shape index (κ2) is 5.36. The SMILES string of the molecule is Cc1ccnc(NC2(CO)CCCCC2)c1Br. The highest BCUT2D eigenvalue weighted by atomic mass is 79.9. The molecule has 0 unspecified atom stereocenters. The zero-order valence-electron chi connectivity index (χ0n) is 10.2. The minimum Gasteiger partial charge on any atom is -0.394 e. The number of anilines is 1. The number of aliphatic hydroxyl groups excluding tert-OH is 1. The van der Waals surface area contributed by atoms with Gasteiger partial charge in [0.15, 0.2) is 0 Å². The fraction of sp³-hybridized carbons (Fsp3) is 0.615. The molecule has 1 aromatic heterocycles. The van der Waals surface area contributed by atoms with Crippen LogP contribution in [0, 0.1) is 6.92 Å². The Kier molecular flexibility index (Phi) is 4.05. The third kappa shape index (κ3) is 2.80. The van der Waals surface area contributed by atoms with E-state index in [0.717, 1.165) is 28.7 Å². The Morgan fingerprint density at radius 2 is 2.12 bits per heavy atom. The number of aryl methyl sites for hydroxylation is 1. The second-order valence-corrected chi connectivity index (χ2v) is 5.71. The summed E-state index contributed by atoms with van der Waals surface area (Å²) in [6.45, 7) is 2.22. The fourth-order valence-electron chi connectivity index (χ4n) is 2.43. The highest BCUT2D eigenvalue weighted by Gasteiger charge is 2.32. The minimum atomic E-state index is -0.179. The van der Waals surface area contributed by atoms with Crippen LogP contribution in [0.2, 0.25) is 0 Å². The molecule has 0 bridgehead atoms. The van der Waals surface area contributed by atoms with Gasteiger partial charge in [0, 0.05) is 6.20 Å². The van der Waals surface area contributed by atoms with E-state index in [1.54, 1.807) is 6.20 Å². The van der Waals surface area contributed by atoms with Crippen molar-refractivity contribution >= 4 is 21.7 Å². The van der Waals surface area contributed by atoms with Crippen molar-refractivity contribution in [1.29, 1.82) is 0 Å². The van der Waals surface area contributed by atoms with Crippen LogP contribution in [0.25, 0.3) is 0 Å². The van der Waals surface area contributed by atoms with Gasteiger partial charge in [-0.3, -0.25) is 0 Å². The van der Waals surface area contributed by atoms with E-state index in [-0.39, 0.29) is 12.1 Å². The molecule has 94 valence electrons. The Bertz CT molecular complexity index is 389.